The molecule has 3 rings (SSSR count). The molecule has 0 radical (unpaired) electrons. The summed E-state index contributed by atoms with van der Waals surface area (Å²) in [6.45, 7) is 2.03. The van der Waals surface area contributed by atoms with E-state index in [1.807, 2.05) is 25.1 Å². The minimum Gasteiger partial charge on any atom is -0.320 e. The standard InChI is InChI=1S/C16H11Cl2N3OS2/c1-9-2-7-12(23-9)8-13(18)15-20-21-16(24-15)14(22)19-11-5-3-10(17)4-6-11/h2-8H,1H3,(H,19,22)/b13-8-. The SMILES string of the molecule is Cc1ccc(/C=C(\Cl)c2nnc(C(=O)Nc3ccc(Cl)cc3)s2)s1. The number of anilines is 1. The van der Waals surface area contributed by atoms with Crippen molar-refractivity contribution < 1.29 is 4.79 Å². The van der Waals surface area contributed by atoms with Crippen molar-refractivity contribution in [3.8, 4) is 0 Å². The van der Waals surface area contributed by atoms with Gasteiger partial charge in [0, 0.05) is 20.5 Å². The lowest BCUT2D eigenvalue weighted by molar-refractivity contribution is 0.102. The van der Waals surface area contributed by atoms with Crippen molar-refractivity contribution in [2.45, 2.75) is 6.92 Å². The Bertz CT molecular complexity index is 900. The van der Waals surface area contributed by atoms with Gasteiger partial charge in [-0.25, -0.2) is 0 Å². The highest BCUT2D eigenvalue weighted by atomic mass is 35.5. The van der Waals surface area contributed by atoms with Crippen LogP contribution in [0.5, 0.6) is 0 Å². The molecule has 122 valence electrons. The molecule has 1 amide bonds. The monoisotopic (exact) mass is 395 g/mol. The Morgan fingerprint density at radius 2 is 1.79 bits per heavy atom. The molecule has 8 heteroatoms. The quantitative estimate of drug-likeness (QED) is 0.629. The third-order valence-corrected chi connectivity index (χ3v) is 5.51. The van der Waals surface area contributed by atoms with Crippen LogP contribution in [0.3, 0.4) is 0 Å². The predicted octanol–water partition coefficient (Wildman–Crippen LogP) is 5.55. The summed E-state index contributed by atoms with van der Waals surface area (Å²) < 4.78 is 0. The Balaban J connectivity index is 1.73. The summed E-state index contributed by atoms with van der Waals surface area (Å²) in [5.74, 6) is -0.336. The van der Waals surface area contributed by atoms with E-state index in [2.05, 4.69) is 15.5 Å². The van der Waals surface area contributed by atoms with Gasteiger partial charge in [0.2, 0.25) is 5.01 Å². The van der Waals surface area contributed by atoms with Gasteiger partial charge in [0.05, 0.1) is 5.03 Å². The molecule has 0 fully saturated rings. The van der Waals surface area contributed by atoms with Gasteiger partial charge in [-0.05, 0) is 49.4 Å². The van der Waals surface area contributed by atoms with Gasteiger partial charge in [-0.2, -0.15) is 0 Å². The first-order chi connectivity index (χ1) is 11.5. The van der Waals surface area contributed by atoms with Crippen LogP contribution in [0.2, 0.25) is 5.02 Å². The number of benzene rings is 1. The van der Waals surface area contributed by atoms with E-state index in [-0.39, 0.29) is 10.9 Å². The number of rotatable bonds is 4. The van der Waals surface area contributed by atoms with Gasteiger partial charge in [-0.1, -0.05) is 34.5 Å². The number of carbonyl (C=O) groups excluding carboxylic acids is 1. The number of nitrogens with one attached hydrogen (secondary N) is 1. The molecule has 2 aromatic heterocycles. The molecule has 3 aromatic rings. The zero-order chi connectivity index (χ0) is 17.1. The first-order valence-electron chi connectivity index (χ1n) is 6.86. The summed E-state index contributed by atoms with van der Waals surface area (Å²) in [5.41, 5.74) is 0.636. The molecule has 0 atom stereocenters. The highest BCUT2D eigenvalue weighted by Gasteiger charge is 2.15. The van der Waals surface area contributed by atoms with Crippen LogP contribution in [0, 0.1) is 6.92 Å². The summed E-state index contributed by atoms with van der Waals surface area (Å²) in [6.07, 6.45) is 1.82. The smallest absolute Gasteiger partial charge is 0.286 e. The molecule has 2 heterocycles. The molecule has 4 nitrogen and oxygen atoms in total. The fourth-order valence-corrected chi connectivity index (χ4v) is 3.78. The number of carbonyl (C=O) groups is 1. The third kappa shape index (κ3) is 4.21. The van der Waals surface area contributed by atoms with Crippen molar-refractivity contribution in [3.05, 3.63) is 61.2 Å². The van der Waals surface area contributed by atoms with Crippen molar-refractivity contribution in [2.75, 3.05) is 5.32 Å². The fraction of sp³-hybridized carbons (Fsp3) is 0.0625. The molecule has 0 aliphatic heterocycles. The topological polar surface area (TPSA) is 54.9 Å². The van der Waals surface area contributed by atoms with Crippen LogP contribution in [0.4, 0.5) is 5.69 Å². The van der Waals surface area contributed by atoms with E-state index in [0.717, 1.165) is 16.2 Å². The van der Waals surface area contributed by atoms with Gasteiger partial charge in [0.15, 0.2) is 5.01 Å². The molecular weight excluding hydrogens is 385 g/mol. The highest BCUT2D eigenvalue weighted by molar-refractivity contribution is 7.15. The van der Waals surface area contributed by atoms with Crippen LogP contribution < -0.4 is 5.32 Å². The Labute approximate surface area is 156 Å². The minimum absolute atomic E-state index is 0.244. The van der Waals surface area contributed by atoms with Crippen molar-refractivity contribution >= 4 is 68.6 Å². The van der Waals surface area contributed by atoms with Crippen molar-refractivity contribution in [3.63, 3.8) is 0 Å². The van der Waals surface area contributed by atoms with E-state index in [9.17, 15) is 4.79 Å². The number of halogens is 2. The maximum Gasteiger partial charge on any atom is 0.286 e. The number of hydrogen-bond acceptors (Lipinski definition) is 5. The predicted molar refractivity (Wildman–Crippen MR) is 102 cm³/mol. The van der Waals surface area contributed by atoms with Crippen molar-refractivity contribution in [1.82, 2.24) is 10.2 Å². The third-order valence-electron chi connectivity index (χ3n) is 2.96. The minimum atomic E-state index is -0.336. The number of aryl methyl sites for hydroxylation is 1. The summed E-state index contributed by atoms with van der Waals surface area (Å²) in [5, 5.41) is 12.4. The maximum atomic E-state index is 12.2. The number of thiophene rings is 1. The summed E-state index contributed by atoms with van der Waals surface area (Å²) in [6, 6.07) is 10.8. The zero-order valence-corrected chi connectivity index (χ0v) is 15.6. The number of aromatic nitrogens is 2. The van der Waals surface area contributed by atoms with Gasteiger partial charge in [0.1, 0.15) is 0 Å². The van der Waals surface area contributed by atoms with E-state index in [4.69, 9.17) is 23.2 Å². The second kappa shape index (κ2) is 7.44. The van der Waals surface area contributed by atoms with Gasteiger partial charge < -0.3 is 5.32 Å². The first-order valence-corrected chi connectivity index (χ1v) is 9.24. The second-order valence-corrected chi connectivity index (χ2v) is 7.95. The zero-order valence-electron chi connectivity index (χ0n) is 12.4. The fourth-order valence-electron chi connectivity index (χ4n) is 1.85. The van der Waals surface area contributed by atoms with Crippen molar-refractivity contribution in [1.29, 1.82) is 0 Å². The van der Waals surface area contributed by atoms with Gasteiger partial charge in [0.25, 0.3) is 5.91 Å². The first kappa shape index (κ1) is 17.1. The summed E-state index contributed by atoms with van der Waals surface area (Å²) >= 11 is 14.9. The molecule has 0 saturated heterocycles. The molecule has 1 N–H and O–H groups in total. The van der Waals surface area contributed by atoms with E-state index < -0.39 is 0 Å². The molecule has 0 spiro atoms. The maximum absolute atomic E-state index is 12.2. The number of amides is 1. The van der Waals surface area contributed by atoms with Crippen LogP contribution in [-0.4, -0.2) is 16.1 Å². The van der Waals surface area contributed by atoms with Crippen LogP contribution in [0.1, 0.15) is 24.6 Å². The van der Waals surface area contributed by atoms with Gasteiger partial charge >= 0.3 is 0 Å². The molecule has 1 aromatic carbocycles. The lowest BCUT2D eigenvalue weighted by Gasteiger charge is -2.01. The molecule has 0 aliphatic rings. The molecule has 0 unspecified atom stereocenters. The molecular formula is C16H11Cl2N3OS2. The average Bonchev–Trinajstić information content (AvgIpc) is 3.19. The van der Waals surface area contributed by atoms with Gasteiger partial charge in [-0.15, -0.1) is 21.5 Å². The molecule has 0 saturated carbocycles. The average molecular weight is 396 g/mol. The van der Waals surface area contributed by atoms with E-state index in [0.29, 0.717) is 20.7 Å². The number of nitrogens with zero attached hydrogens (tertiary/aromatic N) is 2. The Morgan fingerprint density at radius 3 is 2.46 bits per heavy atom. The van der Waals surface area contributed by atoms with E-state index in [1.165, 1.54) is 4.88 Å². The molecule has 24 heavy (non-hydrogen) atoms. The summed E-state index contributed by atoms with van der Waals surface area (Å²) in [4.78, 5) is 14.4. The van der Waals surface area contributed by atoms with E-state index >= 15 is 0 Å². The summed E-state index contributed by atoms with van der Waals surface area (Å²) in [7, 11) is 0. The lowest BCUT2D eigenvalue weighted by Crippen LogP contribution is -2.11. The Morgan fingerprint density at radius 1 is 1.08 bits per heavy atom. The van der Waals surface area contributed by atoms with E-state index in [1.54, 1.807) is 35.6 Å². The van der Waals surface area contributed by atoms with Crippen LogP contribution in [0.15, 0.2) is 36.4 Å². The van der Waals surface area contributed by atoms with Crippen LogP contribution in [-0.2, 0) is 0 Å². The second-order valence-electron chi connectivity index (χ2n) is 4.81. The molecule has 0 aliphatic carbocycles. The lowest BCUT2D eigenvalue weighted by atomic mass is 10.3. The van der Waals surface area contributed by atoms with Gasteiger partial charge in [-0.3, -0.25) is 4.79 Å². The Hall–Kier alpha value is -1.73. The molecule has 0 bridgehead atoms. The highest BCUT2D eigenvalue weighted by Crippen LogP contribution is 2.28. The number of hydrogen-bond donors (Lipinski definition) is 1. The largest absolute Gasteiger partial charge is 0.320 e. The normalized spacial score (nSPS) is 11.5. The van der Waals surface area contributed by atoms with Crippen molar-refractivity contribution in [2.24, 2.45) is 0 Å². The van der Waals surface area contributed by atoms with Crippen LogP contribution >= 0.6 is 45.9 Å². The van der Waals surface area contributed by atoms with Crippen LogP contribution in [0.25, 0.3) is 11.1 Å². The Kier molecular flexibility index (Phi) is 5.30.